The summed E-state index contributed by atoms with van der Waals surface area (Å²) in [5.74, 6) is 0. The Morgan fingerprint density at radius 3 is 2.53 bits per heavy atom. The molecule has 0 aliphatic carbocycles. The van der Waals surface area contributed by atoms with E-state index in [9.17, 15) is 8.42 Å². The highest BCUT2D eigenvalue weighted by Gasteiger charge is 2.34. The molecule has 1 aromatic carbocycles. The van der Waals surface area contributed by atoms with E-state index in [1.54, 1.807) is 18.2 Å². The number of ether oxygens (including phenoxy) is 1. The van der Waals surface area contributed by atoms with Crippen LogP contribution in [-0.4, -0.2) is 30.7 Å². The minimum absolute atomic E-state index is 0.185. The minimum Gasteiger partial charge on any atom is -0.354 e. The lowest BCUT2D eigenvalue weighted by Gasteiger charge is -2.33. The van der Waals surface area contributed by atoms with Crippen molar-refractivity contribution in [2.75, 3.05) is 6.61 Å². The van der Waals surface area contributed by atoms with Crippen molar-refractivity contribution in [1.29, 1.82) is 0 Å². The van der Waals surface area contributed by atoms with Gasteiger partial charge in [0.25, 0.3) is 10.1 Å². The lowest BCUT2D eigenvalue weighted by molar-refractivity contribution is -0.140. The predicted molar refractivity (Wildman–Crippen MR) is 67.2 cm³/mol. The molecule has 1 aliphatic rings. The molecule has 0 amide bonds. The highest BCUT2D eigenvalue weighted by Crippen LogP contribution is 2.27. The molecule has 94 valence electrons. The van der Waals surface area contributed by atoms with Crippen LogP contribution in [0, 0.1) is 0 Å². The van der Waals surface area contributed by atoms with E-state index < -0.39 is 15.5 Å². The zero-order chi connectivity index (χ0) is 12.4. The second-order valence-corrected chi connectivity index (χ2v) is 7.36. The van der Waals surface area contributed by atoms with Gasteiger partial charge in [0.1, 0.15) is 0 Å². The lowest BCUT2D eigenvalue weighted by Crippen LogP contribution is -2.41. The zero-order valence-corrected chi connectivity index (χ0v) is 12.6. The first-order chi connectivity index (χ1) is 8.02. The molecule has 2 rings (SSSR count). The van der Waals surface area contributed by atoms with Gasteiger partial charge in [0, 0.05) is 6.61 Å². The largest absolute Gasteiger partial charge is 0.354 e. The quantitative estimate of drug-likeness (QED) is 0.598. The molecule has 1 fully saturated rings. The van der Waals surface area contributed by atoms with Crippen LogP contribution in [0.15, 0.2) is 35.2 Å². The average Bonchev–Trinajstić information content (AvgIpc) is 2.30. The van der Waals surface area contributed by atoms with Gasteiger partial charge in [0.2, 0.25) is 0 Å². The number of hydrogen-bond donors (Lipinski definition) is 0. The Bertz CT molecular complexity index is 466. The van der Waals surface area contributed by atoms with E-state index in [1.165, 1.54) is 12.1 Å². The lowest BCUT2D eigenvalue weighted by atomic mass is 10.2. The van der Waals surface area contributed by atoms with Crippen molar-refractivity contribution in [3.8, 4) is 0 Å². The molecule has 0 N–H and O–H groups in total. The summed E-state index contributed by atoms with van der Waals surface area (Å²) >= 11 is 0. The van der Waals surface area contributed by atoms with Gasteiger partial charge in [-0.15, -0.1) is 0 Å². The Hall–Kier alpha value is -0.693. The smallest absolute Gasteiger partial charge is 0.299 e. The molecule has 0 aromatic heterocycles. The molecule has 4 nitrogen and oxygen atoms in total. The molecule has 0 bridgehead atoms. The van der Waals surface area contributed by atoms with Crippen molar-refractivity contribution in [3.63, 3.8) is 0 Å². The molecular formula is C11H16O4SSi. The Balaban J connectivity index is 2.17. The summed E-state index contributed by atoms with van der Waals surface area (Å²) in [5.41, 5.74) is -0.882. The van der Waals surface area contributed by atoms with Crippen molar-refractivity contribution < 1.29 is 17.3 Å². The standard InChI is InChI=1S/C11H16O4SSi/c12-16(13,10-6-2-1-3-7-10)15-11(17)8-4-5-9-14-11/h1-3,6-7H,4-5,8-9H2,17H3. The Labute approximate surface area is 104 Å². The Morgan fingerprint density at radius 2 is 1.94 bits per heavy atom. The molecule has 0 spiro atoms. The van der Waals surface area contributed by atoms with Crippen LogP contribution < -0.4 is 0 Å². The number of hydrogen-bond acceptors (Lipinski definition) is 4. The maximum atomic E-state index is 12.0. The summed E-state index contributed by atoms with van der Waals surface area (Å²) < 4.78 is 34.8. The zero-order valence-electron chi connectivity index (χ0n) is 9.76. The summed E-state index contributed by atoms with van der Waals surface area (Å²) in [5, 5.41) is 0. The normalized spacial score (nSPS) is 25.9. The molecular weight excluding hydrogens is 256 g/mol. The van der Waals surface area contributed by atoms with Crippen LogP contribution in [0.2, 0.25) is 0 Å². The molecule has 1 aliphatic heterocycles. The summed E-state index contributed by atoms with van der Waals surface area (Å²) in [7, 11) is -3.17. The second-order valence-electron chi connectivity index (χ2n) is 4.29. The van der Waals surface area contributed by atoms with Crippen LogP contribution in [0.4, 0.5) is 0 Å². The highest BCUT2D eigenvalue weighted by atomic mass is 32.2. The van der Waals surface area contributed by atoms with Crippen LogP contribution >= 0.6 is 0 Å². The maximum Gasteiger partial charge on any atom is 0.299 e. The van der Waals surface area contributed by atoms with Crippen molar-refractivity contribution in [2.24, 2.45) is 0 Å². The van der Waals surface area contributed by atoms with E-state index in [1.807, 2.05) is 0 Å². The summed E-state index contributed by atoms with van der Waals surface area (Å²) in [4.78, 5) is 0.185. The molecule has 1 aromatic rings. The maximum absolute atomic E-state index is 12.0. The van der Waals surface area contributed by atoms with Crippen LogP contribution in [0.1, 0.15) is 19.3 Å². The van der Waals surface area contributed by atoms with E-state index in [2.05, 4.69) is 0 Å². The van der Waals surface area contributed by atoms with E-state index in [0.717, 1.165) is 12.8 Å². The van der Waals surface area contributed by atoms with Gasteiger partial charge < -0.3 is 4.74 Å². The van der Waals surface area contributed by atoms with Crippen molar-refractivity contribution in [2.45, 2.75) is 29.6 Å². The number of rotatable bonds is 3. The second kappa shape index (κ2) is 4.89. The predicted octanol–water partition coefficient (Wildman–Crippen LogP) is 0.612. The fourth-order valence-electron chi connectivity index (χ4n) is 1.84. The summed E-state index contributed by atoms with van der Waals surface area (Å²) in [6.07, 6.45) is 2.58. The topological polar surface area (TPSA) is 52.6 Å². The highest BCUT2D eigenvalue weighted by molar-refractivity contribution is 7.86. The first-order valence-corrected chi connectivity index (χ1v) is 8.07. The van der Waals surface area contributed by atoms with Gasteiger partial charge in [-0.1, -0.05) is 18.2 Å². The van der Waals surface area contributed by atoms with Gasteiger partial charge in [0.05, 0.1) is 15.1 Å². The molecule has 0 radical (unpaired) electrons. The fourth-order valence-corrected chi connectivity index (χ4v) is 4.24. The third-order valence-electron chi connectivity index (χ3n) is 2.75. The third kappa shape index (κ3) is 3.16. The first-order valence-electron chi connectivity index (χ1n) is 5.67. The Kier molecular flexibility index (Phi) is 3.67. The van der Waals surface area contributed by atoms with Gasteiger partial charge in [-0.3, -0.25) is 0 Å². The summed E-state index contributed by atoms with van der Waals surface area (Å²) in [6.45, 7) is 0.577. The Morgan fingerprint density at radius 1 is 1.24 bits per heavy atom. The van der Waals surface area contributed by atoms with Gasteiger partial charge in [0.15, 0.2) is 5.41 Å². The van der Waals surface area contributed by atoms with Gasteiger partial charge in [-0.25, -0.2) is 4.18 Å². The molecule has 17 heavy (non-hydrogen) atoms. The van der Waals surface area contributed by atoms with E-state index >= 15 is 0 Å². The van der Waals surface area contributed by atoms with E-state index in [0.29, 0.717) is 23.3 Å². The third-order valence-corrected chi connectivity index (χ3v) is 5.46. The van der Waals surface area contributed by atoms with E-state index in [-0.39, 0.29) is 4.90 Å². The first kappa shape index (κ1) is 12.8. The van der Waals surface area contributed by atoms with Gasteiger partial charge in [-0.05, 0) is 31.4 Å². The van der Waals surface area contributed by atoms with Crippen molar-refractivity contribution in [1.82, 2.24) is 0 Å². The molecule has 1 atom stereocenters. The molecule has 1 unspecified atom stereocenters. The molecule has 0 saturated carbocycles. The van der Waals surface area contributed by atoms with Crippen LogP contribution in [0.5, 0.6) is 0 Å². The van der Waals surface area contributed by atoms with Gasteiger partial charge >= 0.3 is 0 Å². The van der Waals surface area contributed by atoms with Gasteiger partial charge in [-0.2, -0.15) is 8.42 Å². The van der Waals surface area contributed by atoms with Crippen molar-refractivity contribution in [3.05, 3.63) is 30.3 Å². The average molecular weight is 272 g/mol. The fraction of sp³-hybridized carbons (Fsp3) is 0.455. The minimum atomic E-state index is -3.71. The molecule has 1 saturated heterocycles. The van der Waals surface area contributed by atoms with Crippen LogP contribution in [0.3, 0.4) is 0 Å². The summed E-state index contributed by atoms with van der Waals surface area (Å²) in [6, 6.07) is 8.19. The molecule has 6 heteroatoms. The SMILES string of the molecule is O=S(=O)(OC1([SiH3])CCCCO1)c1ccccc1. The van der Waals surface area contributed by atoms with Crippen LogP contribution in [-0.2, 0) is 19.0 Å². The van der Waals surface area contributed by atoms with Crippen molar-refractivity contribution >= 4 is 20.4 Å². The number of benzene rings is 1. The van der Waals surface area contributed by atoms with Crippen LogP contribution in [0.25, 0.3) is 0 Å². The van der Waals surface area contributed by atoms with E-state index in [4.69, 9.17) is 8.92 Å². The monoisotopic (exact) mass is 272 g/mol. The molecule has 1 heterocycles.